The van der Waals surface area contributed by atoms with Gasteiger partial charge in [0, 0.05) is 12.7 Å². The molecule has 0 aromatic heterocycles. The first-order valence-electron chi connectivity index (χ1n) is 6.63. The third-order valence-corrected chi connectivity index (χ3v) is 3.69. The molecule has 5 heteroatoms. The van der Waals surface area contributed by atoms with Gasteiger partial charge in [-0.3, -0.25) is 4.79 Å². The zero-order valence-corrected chi connectivity index (χ0v) is 11.7. The molecule has 1 aromatic rings. The first-order valence-corrected chi connectivity index (χ1v) is 6.63. The number of aliphatic carboxylic acids is 1. The molecule has 0 saturated carbocycles. The summed E-state index contributed by atoms with van der Waals surface area (Å²) < 4.78 is 4.90. The predicted molar refractivity (Wildman–Crippen MR) is 73.9 cm³/mol. The van der Waals surface area contributed by atoms with Crippen LogP contribution < -0.4 is 5.32 Å². The van der Waals surface area contributed by atoms with Crippen LogP contribution in [0.5, 0.6) is 0 Å². The molecule has 0 radical (unpaired) electrons. The minimum Gasteiger partial charge on any atom is -0.479 e. The molecule has 1 unspecified atom stereocenters. The molecular weight excluding hydrogens is 258 g/mol. The molecule has 5 nitrogen and oxygen atoms in total. The number of amides is 1. The quantitative estimate of drug-likeness (QED) is 0.853. The van der Waals surface area contributed by atoms with Gasteiger partial charge in [0.25, 0.3) is 5.91 Å². The molecule has 108 valence electrons. The molecule has 0 fully saturated rings. The van der Waals surface area contributed by atoms with Crippen LogP contribution in [0.2, 0.25) is 0 Å². The van der Waals surface area contributed by atoms with E-state index in [9.17, 15) is 14.7 Å². The number of carbonyl (C=O) groups is 2. The number of carbonyl (C=O) groups excluding carboxylic acids is 1. The van der Waals surface area contributed by atoms with Crippen molar-refractivity contribution in [2.45, 2.75) is 31.7 Å². The Bertz CT molecular complexity index is 541. The summed E-state index contributed by atoms with van der Waals surface area (Å²) in [6.45, 7) is 1.36. The minimum absolute atomic E-state index is 0.0803. The monoisotopic (exact) mass is 277 g/mol. The van der Waals surface area contributed by atoms with Crippen LogP contribution in [0.1, 0.15) is 34.8 Å². The van der Waals surface area contributed by atoms with Gasteiger partial charge in [0.05, 0.1) is 6.61 Å². The second kappa shape index (κ2) is 5.63. The topological polar surface area (TPSA) is 75.6 Å². The normalized spacial score (nSPS) is 16.3. The second-order valence-corrected chi connectivity index (χ2v) is 5.32. The minimum atomic E-state index is -1.42. The van der Waals surface area contributed by atoms with Crippen LogP contribution in [0.4, 0.5) is 0 Å². The lowest BCUT2D eigenvalue weighted by Gasteiger charge is -2.25. The molecule has 0 spiro atoms. The molecule has 1 aliphatic carbocycles. The lowest BCUT2D eigenvalue weighted by Crippen LogP contribution is -2.55. The number of ether oxygens (including phenoxy) is 1. The van der Waals surface area contributed by atoms with E-state index in [1.807, 2.05) is 12.1 Å². The molecule has 2 N–H and O–H groups in total. The Kier molecular flexibility index (Phi) is 4.09. The van der Waals surface area contributed by atoms with Gasteiger partial charge in [-0.25, -0.2) is 4.79 Å². The maximum absolute atomic E-state index is 12.4. The van der Waals surface area contributed by atoms with E-state index in [4.69, 9.17) is 4.74 Å². The van der Waals surface area contributed by atoms with Crippen molar-refractivity contribution in [3.63, 3.8) is 0 Å². The highest BCUT2D eigenvalue weighted by molar-refractivity contribution is 5.99. The van der Waals surface area contributed by atoms with E-state index in [-0.39, 0.29) is 12.5 Å². The van der Waals surface area contributed by atoms with Gasteiger partial charge in [0.1, 0.15) is 0 Å². The van der Waals surface area contributed by atoms with E-state index in [2.05, 4.69) is 5.32 Å². The van der Waals surface area contributed by atoms with Crippen molar-refractivity contribution >= 4 is 11.9 Å². The SMILES string of the molecule is COCC(C)(NC(=O)c1cccc2c1CCC2)C(=O)O. The molecule has 1 amide bonds. The van der Waals surface area contributed by atoms with Crippen molar-refractivity contribution in [3.05, 3.63) is 34.9 Å². The van der Waals surface area contributed by atoms with Crippen molar-refractivity contribution in [1.29, 1.82) is 0 Å². The molecule has 1 aliphatic rings. The molecule has 1 atom stereocenters. The van der Waals surface area contributed by atoms with E-state index >= 15 is 0 Å². The van der Waals surface area contributed by atoms with Crippen LogP contribution in [-0.2, 0) is 22.4 Å². The molecule has 0 aliphatic heterocycles. The van der Waals surface area contributed by atoms with Crippen LogP contribution in [0.15, 0.2) is 18.2 Å². The summed E-state index contributed by atoms with van der Waals surface area (Å²) in [5.41, 5.74) is 1.37. The highest BCUT2D eigenvalue weighted by Gasteiger charge is 2.36. The molecule has 0 heterocycles. The summed E-state index contributed by atoms with van der Waals surface area (Å²) in [6.07, 6.45) is 2.88. The first kappa shape index (κ1) is 14.5. The van der Waals surface area contributed by atoms with Gasteiger partial charge in [-0.05, 0) is 43.4 Å². The Morgan fingerprint density at radius 1 is 1.40 bits per heavy atom. The smallest absolute Gasteiger partial charge is 0.331 e. The van der Waals surface area contributed by atoms with Crippen molar-refractivity contribution in [2.75, 3.05) is 13.7 Å². The summed E-state index contributed by atoms with van der Waals surface area (Å²) in [6, 6.07) is 5.60. The third kappa shape index (κ3) is 2.67. The van der Waals surface area contributed by atoms with Gasteiger partial charge >= 0.3 is 5.97 Å². The highest BCUT2D eigenvalue weighted by Crippen LogP contribution is 2.25. The Morgan fingerprint density at radius 3 is 2.80 bits per heavy atom. The number of hydrogen-bond acceptors (Lipinski definition) is 3. The zero-order valence-electron chi connectivity index (χ0n) is 11.7. The van der Waals surface area contributed by atoms with E-state index in [0.717, 1.165) is 24.8 Å². The molecule has 20 heavy (non-hydrogen) atoms. The van der Waals surface area contributed by atoms with Crippen LogP contribution >= 0.6 is 0 Å². The van der Waals surface area contributed by atoms with Gasteiger partial charge in [0.2, 0.25) is 0 Å². The largest absolute Gasteiger partial charge is 0.479 e. The summed E-state index contributed by atoms with van der Waals surface area (Å²) >= 11 is 0. The number of benzene rings is 1. The summed E-state index contributed by atoms with van der Waals surface area (Å²) in [5, 5.41) is 11.8. The lowest BCUT2D eigenvalue weighted by molar-refractivity contribution is -0.145. The van der Waals surface area contributed by atoms with Crippen molar-refractivity contribution in [1.82, 2.24) is 5.32 Å². The van der Waals surface area contributed by atoms with Crippen molar-refractivity contribution in [2.24, 2.45) is 0 Å². The number of nitrogens with one attached hydrogen (secondary N) is 1. The highest BCUT2D eigenvalue weighted by atomic mass is 16.5. The Labute approximate surface area is 117 Å². The number of carboxylic acid groups (broad SMARTS) is 1. The van der Waals surface area contributed by atoms with Gasteiger partial charge < -0.3 is 15.2 Å². The Hall–Kier alpha value is -1.88. The molecule has 0 bridgehead atoms. The first-order chi connectivity index (χ1) is 9.48. The number of carboxylic acids is 1. The second-order valence-electron chi connectivity index (χ2n) is 5.32. The van der Waals surface area contributed by atoms with E-state index in [0.29, 0.717) is 5.56 Å². The van der Waals surface area contributed by atoms with Crippen molar-refractivity contribution < 1.29 is 19.4 Å². The average Bonchev–Trinajstić information content (AvgIpc) is 2.86. The lowest BCUT2D eigenvalue weighted by atomic mass is 9.99. The Balaban J connectivity index is 2.24. The van der Waals surface area contributed by atoms with Crippen molar-refractivity contribution in [3.8, 4) is 0 Å². The summed E-state index contributed by atoms with van der Waals surface area (Å²) in [4.78, 5) is 23.7. The summed E-state index contributed by atoms with van der Waals surface area (Å²) in [7, 11) is 1.41. The Morgan fingerprint density at radius 2 is 2.15 bits per heavy atom. The number of aryl methyl sites for hydroxylation is 1. The van der Waals surface area contributed by atoms with Gasteiger partial charge in [-0.2, -0.15) is 0 Å². The number of hydrogen-bond donors (Lipinski definition) is 2. The fraction of sp³-hybridized carbons (Fsp3) is 0.467. The number of fused-ring (bicyclic) bond motifs is 1. The molecule has 0 saturated heterocycles. The van der Waals surface area contributed by atoms with Gasteiger partial charge in [-0.1, -0.05) is 12.1 Å². The molecule has 2 rings (SSSR count). The maximum Gasteiger partial charge on any atom is 0.331 e. The molecular formula is C15H19NO4. The number of methoxy groups -OCH3 is 1. The van der Waals surface area contributed by atoms with Crippen LogP contribution in [-0.4, -0.2) is 36.2 Å². The fourth-order valence-corrected chi connectivity index (χ4v) is 2.59. The third-order valence-electron chi connectivity index (χ3n) is 3.69. The van der Waals surface area contributed by atoms with Gasteiger partial charge in [0.15, 0.2) is 5.54 Å². The van der Waals surface area contributed by atoms with E-state index in [1.165, 1.54) is 19.6 Å². The van der Waals surface area contributed by atoms with Gasteiger partial charge in [-0.15, -0.1) is 0 Å². The predicted octanol–water partition coefficient (Wildman–Crippen LogP) is 1.39. The van der Waals surface area contributed by atoms with Crippen LogP contribution in [0, 0.1) is 0 Å². The number of rotatable bonds is 5. The average molecular weight is 277 g/mol. The maximum atomic E-state index is 12.4. The van der Waals surface area contributed by atoms with E-state index in [1.54, 1.807) is 6.07 Å². The summed E-state index contributed by atoms with van der Waals surface area (Å²) in [5.74, 6) is -1.47. The zero-order chi connectivity index (χ0) is 14.8. The molecule has 1 aromatic carbocycles. The van der Waals surface area contributed by atoms with Crippen LogP contribution in [0.3, 0.4) is 0 Å². The van der Waals surface area contributed by atoms with Crippen LogP contribution in [0.25, 0.3) is 0 Å². The van der Waals surface area contributed by atoms with E-state index < -0.39 is 11.5 Å². The fourth-order valence-electron chi connectivity index (χ4n) is 2.59. The standard InChI is InChI=1S/C15H19NO4/c1-15(9-20-2,14(18)19)16-13(17)12-8-4-6-10-5-3-7-11(10)12/h4,6,8H,3,5,7,9H2,1-2H3,(H,16,17)(H,18,19).